The van der Waals surface area contributed by atoms with Crippen molar-refractivity contribution in [3.8, 4) is 0 Å². The van der Waals surface area contributed by atoms with Gasteiger partial charge in [0, 0.05) is 38.9 Å². The van der Waals surface area contributed by atoms with Gasteiger partial charge in [-0.3, -0.25) is 14.6 Å². The SMILES string of the molecule is CCCCN(C)C(=O)c1cc(C(=O)N(C)Cc2ccccc2)ccn1. The summed E-state index contributed by atoms with van der Waals surface area (Å²) in [4.78, 5) is 32.5. The highest BCUT2D eigenvalue weighted by atomic mass is 16.2. The van der Waals surface area contributed by atoms with E-state index in [1.807, 2.05) is 30.3 Å². The van der Waals surface area contributed by atoms with Crippen molar-refractivity contribution in [1.82, 2.24) is 14.8 Å². The third kappa shape index (κ3) is 5.14. The molecular weight excluding hydrogens is 314 g/mol. The third-order valence-corrected chi connectivity index (χ3v) is 4.03. The first kappa shape index (κ1) is 18.6. The molecule has 2 rings (SSSR count). The zero-order valence-electron chi connectivity index (χ0n) is 15.1. The number of amides is 2. The summed E-state index contributed by atoms with van der Waals surface area (Å²) in [6.45, 7) is 3.28. The molecule has 1 aromatic heterocycles. The second kappa shape index (κ2) is 8.97. The van der Waals surface area contributed by atoms with Gasteiger partial charge in [-0.2, -0.15) is 0 Å². The van der Waals surface area contributed by atoms with Crippen LogP contribution < -0.4 is 0 Å². The van der Waals surface area contributed by atoms with E-state index in [4.69, 9.17) is 0 Å². The van der Waals surface area contributed by atoms with E-state index in [1.54, 1.807) is 36.0 Å². The normalized spacial score (nSPS) is 10.4. The van der Waals surface area contributed by atoms with Crippen LogP contribution in [0.15, 0.2) is 48.7 Å². The van der Waals surface area contributed by atoms with Crippen LogP contribution in [0.25, 0.3) is 0 Å². The smallest absolute Gasteiger partial charge is 0.272 e. The van der Waals surface area contributed by atoms with Gasteiger partial charge in [-0.1, -0.05) is 43.7 Å². The summed E-state index contributed by atoms with van der Waals surface area (Å²) in [5, 5.41) is 0. The summed E-state index contributed by atoms with van der Waals surface area (Å²) in [6.07, 6.45) is 3.49. The van der Waals surface area contributed by atoms with E-state index in [0.717, 1.165) is 18.4 Å². The average Bonchev–Trinajstić information content (AvgIpc) is 2.65. The molecule has 1 heterocycles. The lowest BCUT2D eigenvalue weighted by Crippen LogP contribution is -2.29. The Balaban J connectivity index is 2.09. The fourth-order valence-electron chi connectivity index (χ4n) is 2.52. The number of hydrogen-bond donors (Lipinski definition) is 0. The van der Waals surface area contributed by atoms with Crippen molar-refractivity contribution in [2.45, 2.75) is 26.3 Å². The molecule has 2 aromatic rings. The molecule has 0 unspecified atom stereocenters. The molecule has 0 aliphatic rings. The van der Waals surface area contributed by atoms with Crippen LogP contribution in [0.2, 0.25) is 0 Å². The predicted octanol–water partition coefficient (Wildman–Crippen LogP) is 3.23. The van der Waals surface area contributed by atoms with E-state index in [0.29, 0.717) is 24.3 Å². The second-order valence-electron chi connectivity index (χ2n) is 6.16. The minimum Gasteiger partial charge on any atom is -0.340 e. The van der Waals surface area contributed by atoms with E-state index in [2.05, 4.69) is 11.9 Å². The molecule has 0 fully saturated rings. The molecule has 0 N–H and O–H groups in total. The van der Waals surface area contributed by atoms with Gasteiger partial charge in [0.15, 0.2) is 0 Å². The largest absolute Gasteiger partial charge is 0.340 e. The molecule has 0 saturated carbocycles. The van der Waals surface area contributed by atoms with Gasteiger partial charge < -0.3 is 9.80 Å². The quantitative estimate of drug-likeness (QED) is 0.778. The number of benzene rings is 1. The van der Waals surface area contributed by atoms with Crippen molar-refractivity contribution in [3.05, 3.63) is 65.5 Å². The molecule has 0 aliphatic heterocycles. The minimum atomic E-state index is -0.159. The Hall–Kier alpha value is -2.69. The zero-order valence-corrected chi connectivity index (χ0v) is 15.1. The zero-order chi connectivity index (χ0) is 18.2. The first-order chi connectivity index (χ1) is 12.0. The van der Waals surface area contributed by atoms with Gasteiger partial charge >= 0.3 is 0 Å². The Kier molecular flexibility index (Phi) is 6.69. The van der Waals surface area contributed by atoms with Crippen molar-refractivity contribution >= 4 is 11.8 Å². The summed E-state index contributed by atoms with van der Waals surface area (Å²) in [5.41, 5.74) is 1.83. The van der Waals surface area contributed by atoms with E-state index in [1.165, 1.54) is 6.20 Å². The molecule has 25 heavy (non-hydrogen) atoms. The number of unbranched alkanes of at least 4 members (excludes halogenated alkanes) is 1. The highest BCUT2D eigenvalue weighted by Gasteiger charge is 2.17. The average molecular weight is 339 g/mol. The number of carbonyl (C=O) groups is 2. The van der Waals surface area contributed by atoms with Gasteiger partial charge in [0.25, 0.3) is 11.8 Å². The molecule has 0 spiro atoms. The van der Waals surface area contributed by atoms with Crippen LogP contribution in [0.3, 0.4) is 0 Å². The molecular formula is C20H25N3O2. The third-order valence-electron chi connectivity index (χ3n) is 4.03. The van der Waals surface area contributed by atoms with Gasteiger partial charge in [-0.05, 0) is 24.1 Å². The van der Waals surface area contributed by atoms with Crippen molar-refractivity contribution < 1.29 is 9.59 Å². The molecule has 0 atom stereocenters. The van der Waals surface area contributed by atoms with Crippen LogP contribution in [-0.4, -0.2) is 47.2 Å². The number of rotatable bonds is 7. The summed E-state index contributed by atoms with van der Waals surface area (Å²) >= 11 is 0. The van der Waals surface area contributed by atoms with Crippen molar-refractivity contribution in [3.63, 3.8) is 0 Å². The van der Waals surface area contributed by atoms with Crippen molar-refractivity contribution in [2.75, 3.05) is 20.6 Å². The van der Waals surface area contributed by atoms with Crippen LogP contribution in [0, 0.1) is 0 Å². The van der Waals surface area contributed by atoms with Crippen LogP contribution >= 0.6 is 0 Å². The van der Waals surface area contributed by atoms with Gasteiger partial charge in [0.05, 0.1) is 0 Å². The predicted molar refractivity (Wildman–Crippen MR) is 98.3 cm³/mol. The van der Waals surface area contributed by atoms with Crippen molar-refractivity contribution in [2.24, 2.45) is 0 Å². The lowest BCUT2D eigenvalue weighted by molar-refractivity contribution is 0.0783. The van der Waals surface area contributed by atoms with Crippen LogP contribution in [0.1, 0.15) is 46.2 Å². The molecule has 5 heteroatoms. The molecule has 0 bridgehead atoms. The first-order valence-electron chi connectivity index (χ1n) is 8.53. The van der Waals surface area contributed by atoms with Crippen LogP contribution in [0.4, 0.5) is 0 Å². The Morgan fingerprint density at radius 3 is 2.40 bits per heavy atom. The monoisotopic (exact) mass is 339 g/mol. The number of carbonyl (C=O) groups excluding carboxylic acids is 2. The summed E-state index contributed by atoms with van der Waals surface area (Å²) in [7, 11) is 3.51. The molecule has 0 radical (unpaired) electrons. The van der Waals surface area contributed by atoms with E-state index < -0.39 is 0 Å². The van der Waals surface area contributed by atoms with Crippen LogP contribution in [-0.2, 0) is 6.54 Å². The molecule has 132 valence electrons. The second-order valence-corrected chi connectivity index (χ2v) is 6.16. The molecule has 0 aliphatic carbocycles. The Bertz CT molecular complexity index is 716. The fourth-order valence-corrected chi connectivity index (χ4v) is 2.52. The van der Waals surface area contributed by atoms with Gasteiger partial charge in [0.1, 0.15) is 5.69 Å². The minimum absolute atomic E-state index is 0.128. The molecule has 2 amide bonds. The molecule has 1 aromatic carbocycles. The van der Waals surface area contributed by atoms with Crippen molar-refractivity contribution in [1.29, 1.82) is 0 Å². The molecule has 0 saturated heterocycles. The van der Waals surface area contributed by atoms with Crippen LogP contribution in [0.5, 0.6) is 0 Å². The van der Waals surface area contributed by atoms with Gasteiger partial charge in [-0.25, -0.2) is 0 Å². The van der Waals surface area contributed by atoms with Gasteiger partial charge in [0.2, 0.25) is 0 Å². The number of pyridine rings is 1. The Labute approximate surface area is 149 Å². The Morgan fingerprint density at radius 2 is 1.72 bits per heavy atom. The summed E-state index contributed by atoms with van der Waals surface area (Å²) in [5.74, 6) is -0.287. The highest BCUT2D eigenvalue weighted by Crippen LogP contribution is 2.10. The topological polar surface area (TPSA) is 53.5 Å². The summed E-state index contributed by atoms with van der Waals surface area (Å²) < 4.78 is 0. The van der Waals surface area contributed by atoms with E-state index in [9.17, 15) is 9.59 Å². The number of hydrogen-bond acceptors (Lipinski definition) is 3. The number of aromatic nitrogens is 1. The summed E-state index contributed by atoms with van der Waals surface area (Å²) in [6, 6.07) is 13.0. The molecule has 5 nitrogen and oxygen atoms in total. The Morgan fingerprint density at radius 1 is 1.00 bits per heavy atom. The number of nitrogens with zero attached hydrogens (tertiary/aromatic N) is 3. The maximum atomic E-state index is 12.6. The maximum absolute atomic E-state index is 12.6. The van der Waals surface area contributed by atoms with E-state index >= 15 is 0 Å². The van der Waals surface area contributed by atoms with Gasteiger partial charge in [-0.15, -0.1) is 0 Å². The lowest BCUT2D eigenvalue weighted by atomic mass is 10.1. The maximum Gasteiger partial charge on any atom is 0.272 e. The lowest BCUT2D eigenvalue weighted by Gasteiger charge is -2.19. The fraction of sp³-hybridized carbons (Fsp3) is 0.350. The standard InChI is InChI=1S/C20H25N3O2/c1-4-5-13-22(2)20(25)18-14-17(11-12-21-18)19(24)23(3)15-16-9-7-6-8-10-16/h6-12,14H,4-5,13,15H2,1-3H3. The van der Waals surface area contributed by atoms with E-state index in [-0.39, 0.29) is 11.8 Å². The first-order valence-corrected chi connectivity index (χ1v) is 8.53. The highest BCUT2D eigenvalue weighted by molar-refractivity contribution is 5.98.